The topological polar surface area (TPSA) is 61.9 Å². The molecule has 0 radical (unpaired) electrons. The highest BCUT2D eigenvalue weighted by Crippen LogP contribution is 2.20. The van der Waals surface area contributed by atoms with Crippen LogP contribution < -0.4 is 5.69 Å². The van der Waals surface area contributed by atoms with Gasteiger partial charge < -0.3 is 4.74 Å². The summed E-state index contributed by atoms with van der Waals surface area (Å²) in [5, 5.41) is 7.24. The van der Waals surface area contributed by atoms with Crippen molar-refractivity contribution in [3.63, 3.8) is 0 Å². The summed E-state index contributed by atoms with van der Waals surface area (Å²) in [5.41, 5.74) is 0.428. The Morgan fingerprint density at radius 2 is 2.10 bits per heavy atom. The van der Waals surface area contributed by atoms with Crippen LogP contribution in [0.3, 0.4) is 0 Å². The summed E-state index contributed by atoms with van der Waals surface area (Å²) in [6.45, 7) is 10.1. The lowest BCUT2D eigenvalue weighted by Gasteiger charge is -2.16. The minimum atomic E-state index is -0.328. The van der Waals surface area contributed by atoms with Gasteiger partial charge in [0, 0.05) is 12.5 Å². The van der Waals surface area contributed by atoms with Crippen molar-refractivity contribution in [3.05, 3.63) is 32.4 Å². The van der Waals surface area contributed by atoms with E-state index in [0.717, 1.165) is 10.7 Å². The van der Waals surface area contributed by atoms with E-state index in [2.05, 4.69) is 10.1 Å². The van der Waals surface area contributed by atoms with Crippen LogP contribution in [0, 0.1) is 6.92 Å². The Kier molecular flexibility index (Phi) is 4.34. The number of aromatic nitrogens is 4. The number of thiazole rings is 1. The molecule has 0 N–H and O–H groups in total. The van der Waals surface area contributed by atoms with E-state index in [4.69, 9.17) is 4.74 Å². The Morgan fingerprint density at radius 1 is 1.43 bits per heavy atom. The fourth-order valence-electron chi connectivity index (χ4n) is 1.96. The van der Waals surface area contributed by atoms with Gasteiger partial charge in [-0.25, -0.2) is 14.5 Å². The summed E-state index contributed by atoms with van der Waals surface area (Å²) in [6, 6.07) is 0. The molecule has 2 aromatic heterocycles. The number of rotatable bonds is 4. The lowest BCUT2D eigenvalue weighted by Crippen LogP contribution is -2.36. The number of methoxy groups -OCH3 is 1. The first kappa shape index (κ1) is 15.9. The van der Waals surface area contributed by atoms with E-state index in [1.807, 2.05) is 40.0 Å². The number of aryl methyl sites for hydroxylation is 1. The molecule has 0 amide bonds. The second-order valence-corrected chi connectivity index (χ2v) is 6.94. The quantitative estimate of drug-likeness (QED) is 0.869. The van der Waals surface area contributed by atoms with Crippen LogP contribution in [0.25, 0.3) is 0 Å². The molecule has 6 nitrogen and oxygen atoms in total. The van der Waals surface area contributed by atoms with E-state index in [-0.39, 0.29) is 17.3 Å². The van der Waals surface area contributed by atoms with Crippen LogP contribution in [-0.2, 0) is 16.8 Å². The molecule has 7 heteroatoms. The highest BCUT2D eigenvalue weighted by molar-refractivity contribution is 7.09. The third-order valence-corrected chi connectivity index (χ3v) is 4.33. The molecule has 0 aliphatic carbocycles. The van der Waals surface area contributed by atoms with Crippen LogP contribution in [0.1, 0.15) is 50.3 Å². The molecule has 2 rings (SSSR count). The maximum absolute atomic E-state index is 12.5. The zero-order valence-corrected chi connectivity index (χ0v) is 14.2. The van der Waals surface area contributed by atoms with E-state index in [1.54, 1.807) is 23.0 Å². The smallest absolute Gasteiger partial charge is 0.346 e. The summed E-state index contributed by atoms with van der Waals surface area (Å²) >= 11 is 1.55. The van der Waals surface area contributed by atoms with Gasteiger partial charge in [-0.15, -0.1) is 11.3 Å². The minimum Gasteiger partial charge on any atom is -0.375 e. The normalized spacial score (nSPS) is 13.6. The third kappa shape index (κ3) is 3.24. The van der Waals surface area contributed by atoms with Crippen molar-refractivity contribution in [3.8, 4) is 0 Å². The molecule has 0 unspecified atom stereocenters. The maximum Gasteiger partial charge on any atom is 0.346 e. The van der Waals surface area contributed by atoms with Crippen LogP contribution in [-0.4, -0.2) is 26.4 Å². The average molecular weight is 310 g/mol. The molecule has 2 aromatic rings. The van der Waals surface area contributed by atoms with E-state index in [9.17, 15) is 4.79 Å². The summed E-state index contributed by atoms with van der Waals surface area (Å²) < 4.78 is 8.43. The zero-order chi connectivity index (χ0) is 15.8. The number of hydrogen-bond acceptors (Lipinski definition) is 5. The van der Waals surface area contributed by atoms with Crippen LogP contribution in [0.2, 0.25) is 0 Å². The molecule has 1 atom stereocenters. The molecule has 0 bridgehead atoms. The van der Waals surface area contributed by atoms with Crippen molar-refractivity contribution < 1.29 is 4.74 Å². The molecule has 0 aliphatic rings. The Labute approximate surface area is 128 Å². The monoisotopic (exact) mass is 310 g/mol. The largest absolute Gasteiger partial charge is 0.375 e. The van der Waals surface area contributed by atoms with Gasteiger partial charge in [0.25, 0.3) is 0 Å². The van der Waals surface area contributed by atoms with Crippen LogP contribution in [0.4, 0.5) is 0 Å². The SMILES string of the molecule is CO[C@H](C)c1nc(Cn2c(C)nn(C(C)(C)C)c2=O)cs1. The molecule has 2 heterocycles. The van der Waals surface area contributed by atoms with E-state index >= 15 is 0 Å². The third-order valence-electron chi connectivity index (χ3n) is 3.27. The molecule has 0 aromatic carbocycles. The van der Waals surface area contributed by atoms with Crippen molar-refractivity contribution in [1.29, 1.82) is 0 Å². The van der Waals surface area contributed by atoms with Crippen molar-refractivity contribution in [2.45, 2.75) is 52.8 Å². The van der Waals surface area contributed by atoms with Gasteiger partial charge in [0.05, 0.1) is 17.8 Å². The van der Waals surface area contributed by atoms with Gasteiger partial charge >= 0.3 is 5.69 Å². The first-order valence-electron chi connectivity index (χ1n) is 6.88. The Morgan fingerprint density at radius 3 is 2.62 bits per heavy atom. The lowest BCUT2D eigenvalue weighted by molar-refractivity contribution is 0.119. The number of ether oxygens (including phenoxy) is 1. The second-order valence-electron chi connectivity index (χ2n) is 6.05. The minimum absolute atomic E-state index is 0.0288. The molecule has 0 fully saturated rings. The summed E-state index contributed by atoms with van der Waals surface area (Å²) in [4.78, 5) is 17.0. The van der Waals surface area contributed by atoms with E-state index in [1.165, 1.54) is 4.68 Å². The van der Waals surface area contributed by atoms with Gasteiger partial charge in [-0.2, -0.15) is 5.10 Å². The fraction of sp³-hybridized carbons (Fsp3) is 0.643. The van der Waals surface area contributed by atoms with Crippen molar-refractivity contribution in [2.24, 2.45) is 0 Å². The Bertz CT molecular complexity index is 678. The fourth-order valence-corrected chi connectivity index (χ4v) is 2.80. The highest BCUT2D eigenvalue weighted by atomic mass is 32.1. The Balaban J connectivity index is 2.30. The molecule has 0 aliphatic heterocycles. The van der Waals surface area contributed by atoms with Crippen LogP contribution in [0.15, 0.2) is 10.2 Å². The van der Waals surface area contributed by atoms with Gasteiger partial charge in [-0.1, -0.05) is 0 Å². The lowest BCUT2D eigenvalue weighted by atomic mass is 10.1. The number of nitrogens with zero attached hydrogens (tertiary/aromatic N) is 4. The van der Waals surface area contributed by atoms with Crippen molar-refractivity contribution >= 4 is 11.3 Å². The van der Waals surface area contributed by atoms with Gasteiger partial charge in [0.1, 0.15) is 16.9 Å². The Hall–Kier alpha value is -1.47. The molecule has 21 heavy (non-hydrogen) atoms. The first-order valence-corrected chi connectivity index (χ1v) is 7.76. The standard InChI is InChI=1S/C14H22N4O2S/c1-9(20-6)12-15-11(8-21-12)7-17-10(2)16-18(13(17)19)14(3,4)5/h8-9H,7H2,1-6H3/t9-/m1/s1. The summed E-state index contributed by atoms with van der Waals surface area (Å²) in [7, 11) is 1.66. The first-order chi connectivity index (χ1) is 9.74. The van der Waals surface area contributed by atoms with Gasteiger partial charge in [0.15, 0.2) is 0 Å². The van der Waals surface area contributed by atoms with Gasteiger partial charge in [0.2, 0.25) is 0 Å². The van der Waals surface area contributed by atoms with E-state index in [0.29, 0.717) is 12.4 Å². The second kappa shape index (κ2) is 5.73. The molecule has 0 spiro atoms. The molecular weight excluding hydrogens is 288 g/mol. The zero-order valence-electron chi connectivity index (χ0n) is 13.4. The predicted molar refractivity (Wildman–Crippen MR) is 82.9 cm³/mol. The van der Waals surface area contributed by atoms with Crippen molar-refractivity contribution in [2.75, 3.05) is 7.11 Å². The van der Waals surface area contributed by atoms with Gasteiger partial charge in [-0.3, -0.25) is 4.57 Å². The highest BCUT2D eigenvalue weighted by Gasteiger charge is 2.21. The average Bonchev–Trinajstić information content (AvgIpc) is 2.97. The summed E-state index contributed by atoms with van der Waals surface area (Å²) in [6.07, 6.45) is -0.0288. The van der Waals surface area contributed by atoms with Crippen LogP contribution >= 0.6 is 11.3 Å². The maximum atomic E-state index is 12.5. The number of hydrogen-bond donors (Lipinski definition) is 0. The molecule has 0 saturated heterocycles. The summed E-state index contributed by atoms with van der Waals surface area (Å²) in [5.74, 6) is 0.698. The molecule has 116 valence electrons. The predicted octanol–water partition coefficient (Wildman–Crippen LogP) is 2.32. The molecule has 0 saturated carbocycles. The van der Waals surface area contributed by atoms with Crippen molar-refractivity contribution in [1.82, 2.24) is 19.3 Å². The van der Waals surface area contributed by atoms with Crippen LogP contribution in [0.5, 0.6) is 0 Å². The van der Waals surface area contributed by atoms with E-state index < -0.39 is 0 Å². The van der Waals surface area contributed by atoms with Gasteiger partial charge in [-0.05, 0) is 34.6 Å². The molecular formula is C14H22N4O2S.